The lowest BCUT2D eigenvalue weighted by Crippen LogP contribution is -2.54. The molecule has 1 fully saturated rings. The summed E-state index contributed by atoms with van der Waals surface area (Å²) in [5, 5.41) is 0. The summed E-state index contributed by atoms with van der Waals surface area (Å²) in [5.74, 6) is 0.177. The first kappa shape index (κ1) is 22.7. The molecule has 33 heavy (non-hydrogen) atoms. The normalized spacial score (nSPS) is 18.1. The Morgan fingerprint density at radius 1 is 0.939 bits per heavy atom. The lowest BCUT2D eigenvalue weighted by atomic mass is 9.73. The second-order valence-electron chi connectivity index (χ2n) is 9.17. The fourth-order valence-electron chi connectivity index (χ4n) is 4.89. The fourth-order valence-corrected chi connectivity index (χ4v) is 4.89. The molecule has 1 atom stereocenters. The molecule has 1 aromatic heterocycles. The van der Waals surface area contributed by atoms with E-state index in [1.165, 1.54) is 0 Å². The van der Waals surface area contributed by atoms with Crippen LogP contribution in [0.5, 0.6) is 0 Å². The third kappa shape index (κ3) is 5.30. The zero-order valence-electron chi connectivity index (χ0n) is 19.4. The summed E-state index contributed by atoms with van der Waals surface area (Å²) in [6, 6.07) is 22.2. The molecule has 0 spiro atoms. The molecule has 170 valence electrons. The average molecular weight is 442 g/mol. The Kier molecular flexibility index (Phi) is 6.87. The van der Waals surface area contributed by atoms with Crippen molar-refractivity contribution < 1.29 is 9.59 Å². The van der Waals surface area contributed by atoms with Gasteiger partial charge in [-0.25, -0.2) is 0 Å². The van der Waals surface area contributed by atoms with Crippen LogP contribution >= 0.6 is 0 Å². The van der Waals surface area contributed by atoms with Crippen LogP contribution in [-0.2, 0) is 22.4 Å². The number of aromatic nitrogens is 1. The number of likely N-dealkylation sites (tertiary alicyclic amines) is 1. The summed E-state index contributed by atoms with van der Waals surface area (Å²) in [6.07, 6.45) is 6.15. The third-order valence-electron chi connectivity index (χ3n) is 6.47. The maximum atomic E-state index is 13.5. The number of amides is 2. The minimum atomic E-state index is -0.620. The van der Waals surface area contributed by atoms with E-state index in [0.29, 0.717) is 25.9 Å². The minimum absolute atomic E-state index is 0.0855. The van der Waals surface area contributed by atoms with Crippen molar-refractivity contribution in [3.63, 3.8) is 0 Å². The highest BCUT2D eigenvalue weighted by molar-refractivity contribution is 5.85. The van der Waals surface area contributed by atoms with Crippen molar-refractivity contribution in [1.82, 2.24) is 14.8 Å². The number of carbonyl (C=O) groups excluding carboxylic acids is 2. The Morgan fingerprint density at radius 2 is 1.67 bits per heavy atom. The van der Waals surface area contributed by atoms with Gasteiger partial charge in [0.25, 0.3) is 0 Å². The van der Waals surface area contributed by atoms with Crippen LogP contribution in [0.2, 0.25) is 0 Å². The standard InChI is InChI=1S/C28H31N3O2/c1-30(2)27(33)28(20-23-10-6-11-25(18-23)24-12-15-29-16-13-24)14-7-17-31(21-28)26(32)19-22-8-4-3-5-9-22/h3-6,8-13,15-16,18H,7,14,17,19-21H2,1-2H3/t28-/m1/s1. The molecule has 0 aliphatic carbocycles. The zero-order chi connectivity index (χ0) is 23.3. The summed E-state index contributed by atoms with van der Waals surface area (Å²) >= 11 is 0. The van der Waals surface area contributed by atoms with Crippen LogP contribution in [0, 0.1) is 5.41 Å². The Hall–Kier alpha value is -3.47. The summed E-state index contributed by atoms with van der Waals surface area (Å²) in [4.78, 5) is 34.3. The van der Waals surface area contributed by atoms with Crippen molar-refractivity contribution in [2.45, 2.75) is 25.7 Å². The van der Waals surface area contributed by atoms with Crippen LogP contribution in [-0.4, -0.2) is 53.8 Å². The molecule has 1 saturated heterocycles. The molecule has 0 radical (unpaired) electrons. The van der Waals surface area contributed by atoms with Crippen molar-refractivity contribution in [3.8, 4) is 11.1 Å². The SMILES string of the molecule is CN(C)C(=O)[C@@]1(Cc2cccc(-c3ccncc3)c2)CCCN(C(=O)Cc2ccccc2)C1. The third-order valence-corrected chi connectivity index (χ3v) is 6.47. The second kappa shape index (κ2) is 9.99. The van der Waals surface area contributed by atoms with Crippen molar-refractivity contribution in [1.29, 1.82) is 0 Å². The Labute approximate surface area is 196 Å². The van der Waals surface area contributed by atoms with Gasteiger partial charge in [0.05, 0.1) is 11.8 Å². The van der Waals surface area contributed by atoms with Crippen molar-refractivity contribution >= 4 is 11.8 Å². The number of piperidine rings is 1. The van der Waals surface area contributed by atoms with E-state index in [0.717, 1.165) is 35.1 Å². The van der Waals surface area contributed by atoms with Crippen LogP contribution in [0.4, 0.5) is 0 Å². The van der Waals surface area contributed by atoms with Crippen molar-refractivity contribution in [2.24, 2.45) is 5.41 Å². The van der Waals surface area contributed by atoms with Crippen LogP contribution < -0.4 is 0 Å². The fraction of sp³-hybridized carbons (Fsp3) is 0.321. The molecule has 5 heteroatoms. The zero-order valence-corrected chi connectivity index (χ0v) is 19.4. The van der Waals surface area contributed by atoms with Gasteiger partial charge in [0.1, 0.15) is 0 Å². The predicted octanol–water partition coefficient (Wildman–Crippen LogP) is 4.23. The smallest absolute Gasteiger partial charge is 0.230 e. The van der Waals surface area contributed by atoms with Crippen LogP contribution in [0.3, 0.4) is 0 Å². The van der Waals surface area contributed by atoms with E-state index in [1.807, 2.05) is 67.5 Å². The molecule has 5 nitrogen and oxygen atoms in total. The van der Waals surface area contributed by atoms with E-state index in [1.54, 1.807) is 17.3 Å². The molecule has 2 heterocycles. The Balaban J connectivity index is 1.59. The summed E-state index contributed by atoms with van der Waals surface area (Å²) in [7, 11) is 3.62. The van der Waals surface area contributed by atoms with Gasteiger partial charge < -0.3 is 9.80 Å². The molecule has 2 amide bonds. The first-order valence-corrected chi connectivity index (χ1v) is 11.5. The number of rotatable bonds is 6. The van der Waals surface area contributed by atoms with E-state index < -0.39 is 5.41 Å². The van der Waals surface area contributed by atoms with E-state index in [4.69, 9.17) is 0 Å². The quantitative estimate of drug-likeness (QED) is 0.575. The highest BCUT2D eigenvalue weighted by Gasteiger charge is 2.44. The van der Waals surface area contributed by atoms with Crippen molar-refractivity contribution in [3.05, 3.63) is 90.3 Å². The van der Waals surface area contributed by atoms with Gasteiger partial charge in [-0.2, -0.15) is 0 Å². The van der Waals surface area contributed by atoms with Crippen LogP contribution in [0.1, 0.15) is 24.0 Å². The van der Waals surface area contributed by atoms with Gasteiger partial charge in [-0.3, -0.25) is 14.6 Å². The van der Waals surface area contributed by atoms with Gasteiger partial charge in [0, 0.05) is 39.6 Å². The highest BCUT2D eigenvalue weighted by Crippen LogP contribution is 2.36. The molecule has 1 aliphatic heterocycles. The molecule has 0 bridgehead atoms. The lowest BCUT2D eigenvalue weighted by molar-refractivity contribution is -0.147. The number of carbonyl (C=O) groups is 2. The monoisotopic (exact) mass is 441 g/mol. The molecular weight excluding hydrogens is 410 g/mol. The number of nitrogens with zero attached hydrogens (tertiary/aromatic N) is 3. The summed E-state index contributed by atoms with van der Waals surface area (Å²) < 4.78 is 0. The predicted molar refractivity (Wildman–Crippen MR) is 130 cm³/mol. The Bertz CT molecular complexity index is 1100. The number of hydrogen-bond acceptors (Lipinski definition) is 3. The molecule has 4 rings (SSSR count). The van der Waals surface area contributed by atoms with Gasteiger partial charge in [0.2, 0.25) is 11.8 Å². The summed E-state index contributed by atoms with van der Waals surface area (Å²) in [6.45, 7) is 1.15. The van der Waals surface area contributed by atoms with Crippen molar-refractivity contribution in [2.75, 3.05) is 27.2 Å². The van der Waals surface area contributed by atoms with Gasteiger partial charge in [-0.1, -0.05) is 54.6 Å². The number of pyridine rings is 1. The van der Waals surface area contributed by atoms with Crippen LogP contribution in [0.25, 0.3) is 11.1 Å². The number of benzene rings is 2. The molecule has 1 aliphatic rings. The first-order valence-electron chi connectivity index (χ1n) is 11.5. The molecule has 2 aromatic carbocycles. The second-order valence-corrected chi connectivity index (χ2v) is 9.17. The lowest BCUT2D eigenvalue weighted by Gasteiger charge is -2.43. The van der Waals surface area contributed by atoms with E-state index in [2.05, 4.69) is 23.2 Å². The molecule has 3 aromatic rings. The topological polar surface area (TPSA) is 53.5 Å². The number of hydrogen-bond donors (Lipinski definition) is 0. The highest BCUT2D eigenvalue weighted by atomic mass is 16.2. The van der Waals surface area contributed by atoms with E-state index in [9.17, 15) is 9.59 Å². The van der Waals surface area contributed by atoms with Gasteiger partial charge in [0.15, 0.2) is 0 Å². The Morgan fingerprint density at radius 3 is 2.39 bits per heavy atom. The molecule has 0 N–H and O–H groups in total. The average Bonchev–Trinajstić information content (AvgIpc) is 2.85. The summed E-state index contributed by atoms with van der Waals surface area (Å²) in [5.41, 5.74) is 3.70. The van der Waals surface area contributed by atoms with Gasteiger partial charge in [-0.15, -0.1) is 0 Å². The minimum Gasteiger partial charge on any atom is -0.348 e. The maximum Gasteiger partial charge on any atom is 0.230 e. The first-order chi connectivity index (χ1) is 16.0. The van der Waals surface area contributed by atoms with Gasteiger partial charge >= 0.3 is 0 Å². The maximum absolute atomic E-state index is 13.5. The van der Waals surface area contributed by atoms with Gasteiger partial charge in [-0.05, 0) is 53.6 Å². The van der Waals surface area contributed by atoms with E-state index in [-0.39, 0.29) is 11.8 Å². The van der Waals surface area contributed by atoms with Crippen LogP contribution in [0.15, 0.2) is 79.1 Å². The molecule has 0 unspecified atom stereocenters. The largest absolute Gasteiger partial charge is 0.348 e. The van der Waals surface area contributed by atoms with E-state index >= 15 is 0 Å². The molecule has 0 saturated carbocycles. The molecular formula is C28H31N3O2.